The van der Waals surface area contributed by atoms with Gasteiger partial charge in [-0.2, -0.15) is 5.26 Å². The molecular formula is C20H26N4O4S. The highest BCUT2D eigenvalue weighted by Gasteiger charge is 2.19. The quantitative estimate of drug-likeness (QED) is 0.356. The minimum Gasteiger partial charge on any atom is -0.337 e. The number of nitrogens with one attached hydrogen (secondary N) is 3. The molecule has 0 heterocycles. The monoisotopic (exact) mass is 418 g/mol. The lowest BCUT2D eigenvalue weighted by Crippen LogP contribution is -2.39. The van der Waals surface area contributed by atoms with Crippen LogP contribution in [-0.2, 0) is 14.8 Å². The first-order valence-electron chi connectivity index (χ1n) is 9.71. The summed E-state index contributed by atoms with van der Waals surface area (Å²) in [6.45, 7) is 2.35. The van der Waals surface area contributed by atoms with Gasteiger partial charge in [-0.15, -0.1) is 0 Å². The Morgan fingerprint density at radius 1 is 1.10 bits per heavy atom. The Hall–Kier alpha value is -2.86. The summed E-state index contributed by atoms with van der Waals surface area (Å²) in [6, 6.07) is 6.62. The van der Waals surface area contributed by atoms with E-state index in [1.54, 1.807) is 0 Å². The normalized spacial score (nSPS) is 13.9. The van der Waals surface area contributed by atoms with E-state index in [2.05, 4.69) is 10.6 Å². The van der Waals surface area contributed by atoms with Crippen LogP contribution in [0.15, 0.2) is 40.3 Å². The molecule has 8 nitrogen and oxygen atoms in total. The number of hydrogen-bond acceptors (Lipinski definition) is 5. The van der Waals surface area contributed by atoms with Gasteiger partial charge in [-0.05, 0) is 61.9 Å². The summed E-state index contributed by atoms with van der Waals surface area (Å²) >= 11 is 0. The molecule has 0 bridgehead atoms. The Morgan fingerprint density at radius 3 is 2.34 bits per heavy atom. The van der Waals surface area contributed by atoms with Crippen LogP contribution in [0.3, 0.4) is 0 Å². The Bertz CT molecular complexity index is 907. The van der Waals surface area contributed by atoms with Crippen LogP contribution in [0.25, 0.3) is 0 Å². The lowest BCUT2D eigenvalue weighted by atomic mass is 9.91. The molecule has 0 unspecified atom stereocenters. The first-order valence-corrected chi connectivity index (χ1v) is 11.2. The largest absolute Gasteiger partial charge is 0.337 e. The molecule has 29 heavy (non-hydrogen) atoms. The second-order valence-corrected chi connectivity index (χ2v) is 8.53. The van der Waals surface area contributed by atoms with Crippen molar-refractivity contribution in [1.82, 2.24) is 10.0 Å². The highest BCUT2D eigenvalue weighted by Crippen LogP contribution is 2.26. The van der Waals surface area contributed by atoms with Crippen molar-refractivity contribution in [3.63, 3.8) is 0 Å². The van der Waals surface area contributed by atoms with Crippen LogP contribution in [0.2, 0.25) is 0 Å². The van der Waals surface area contributed by atoms with Gasteiger partial charge in [-0.3, -0.25) is 4.79 Å². The molecule has 1 aliphatic carbocycles. The number of nitrogens with zero attached hydrogens (tertiary/aromatic N) is 1. The van der Waals surface area contributed by atoms with Gasteiger partial charge < -0.3 is 10.6 Å². The van der Waals surface area contributed by atoms with E-state index in [4.69, 9.17) is 0 Å². The van der Waals surface area contributed by atoms with Crippen LogP contribution in [-0.4, -0.2) is 26.9 Å². The van der Waals surface area contributed by atoms with E-state index >= 15 is 0 Å². The summed E-state index contributed by atoms with van der Waals surface area (Å²) in [4.78, 5) is 24.0. The maximum atomic E-state index is 12.4. The smallest absolute Gasteiger partial charge is 0.328 e. The molecular weight excluding hydrogens is 392 g/mol. The molecule has 1 saturated carbocycles. The van der Waals surface area contributed by atoms with E-state index in [0.29, 0.717) is 12.2 Å². The summed E-state index contributed by atoms with van der Waals surface area (Å²) < 4.78 is 26.5. The van der Waals surface area contributed by atoms with Crippen molar-refractivity contribution in [2.45, 2.75) is 56.8 Å². The summed E-state index contributed by atoms with van der Waals surface area (Å²) in [7, 11) is -4.02. The predicted molar refractivity (Wildman–Crippen MR) is 109 cm³/mol. The van der Waals surface area contributed by atoms with Gasteiger partial charge in [0.05, 0.1) is 4.90 Å². The molecule has 0 aliphatic heterocycles. The van der Waals surface area contributed by atoms with E-state index in [1.165, 1.54) is 24.3 Å². The molecule has 2 rings (SSSR count). The first-order chi connectivity index (χ1) is 13.9. The van der Waals surface area contributed by atoms with E-state index < -0.39 is 22.0 Å². The molecule has 0 saturated heterocycles. The Labute approximate surface area is 171 Å². The topological polar surface area (TPSA) is 128 Å². The summed E-state index contributed by atoms with van der Waals surface area (Å²) in [6.07, 6.45) is 6.18. The van der Waals surface area contributed by atoms with Crippen LogP contribution in [0.5, 0.6) is 0 Å². The highest BCUT2D eigenvalue weighted by molar-refractivity contribution is 7.90. The number of amides is 3. The maximum Gasteiger partial charge on any atom is 0.328 e. The van der Waals surface area contributed by atoms with Gasteiger partial charge in [0.1, 0.15) is 11.6 Å². The van der Waals surface area contributed by atoms with E-state index in [-0.39, 0.29) is 10.5 Å². The van der Waals surface area contributed by atoms with Crippen molar-refractivity contribution >= 4 is 27.6 Å². The van der Waals surface area contributed by atoms with Crippen molar-refractivity contribution in [2.75, 3.05) is 11.9 Å². The molecule has 1 aromatic carbocycles. The number of nitriles is 1. The van der Waals surface area contributed by atoms with Crippen LogP contribution >= 0.6 is 0 Å². The summed E-state index contributed by atoms with van der Waals surface area (Å²) in [5.74, 6) is -0.492. The number of anilines is 1. The van der Waals surface area contributed by atoms with Gasteiger partial charge in [0.25, 0.3) is 15.9 Å². The number of rotatable bonds is 7. The standard InChI is InChI=1S/C20H26N4O4S/c1-2-3-13-22-20(26)24-29(27,28)17-11-9-16(10-12-17)23-19(25)18(14-21)15-7-5-4-6-8-15/h9-12H,2-8,13H2,1H3,(H,23,25)(H2,22,24,26). The Kier molecular flexibility index (Phi) is 8.21. The number of allylic oxidation sites excluding steroid dienone is 1. The van der Waals surface area contributed by atoms with Crippen molar-refractivity contribution in [2.24, 2.45) is 0 Å². The number of urea groups is 1. The number of carbonyl (C=O) groups excluding carboxylic acids is 2. The molecule has 1 fully saturated rings. The maximum absolute atomic E-state index is 12.4. The summed E-state index contributed by atoms with van der Waals surface area (Å²) in [5, 5.41) is 14.4. The fourth-order valence-electron chi connectivity index (χ4n) is 3.03. The van der Waals surface area contributed by atoms with Gasteiger partial charge >= 0.3 is 6.03 Å². The average molecular weight is 419 g/mol. The summed E-state index contributed by atoms with van der Waals surface area (Å²) in [5.41, 5.74) is 1.37. The fraction of sp³-hybridized carbons (Fsp3) is 0.450. The minimum absolute atomic E-state index is 0.104. The average Bonchev–Trinajstić information content (AvgIpc) is 2.69. The van der Waals surface area contributed by atoms with Crippen molar-refractivity contribution in [1.29, 1.82) is 5.26 Å². The molecule has 156 valence electrons. The van der Waals surface area contributed by atoms with Crippen LogP contribution in [0.1, 0.15) is 51.9 Å². The molecule has 0 radical (unpaired) electrons. The van der Waals surface area contributed by atoms with Gasteiger partial charge in [0.2, 0.25) is 0 Å². The van der Waals surface area contributed by atoms with Gasteiger partial charge in [0.15, 0.2) is 0 Å². The molecule has 3 N–H and O–H groups in total. The zero-order valence-corrected chi connectivity index (χ0v) is 17.3. The molecule has 0 aromatic heterocycles. The van der Waals surface area contributed by atoms with Crippen LogP contribution in [0, 0.1) is 11.3 Å². The van der Waals surface area contributed by atoms with E-state index in [9.17, 15) is 23.3 Å². The number of hydrogen-bond donors (Lipinski definition) is 3. The number of unbranched alkanes of at least 4 members (excludes halogenated alkanes) is 1. The highest BCUT2D eigenvalue weighted by atomic mass is 32.2. The van der Waals surface area contributed by atoms with E-state index in [1.807, 2.05) is 17.7 Å². The minimum atomic E-state index is -4.02. The Balaban J connectivity index is 2.03. The van der Waals surface area contributed by atoms with Crippen molar-refractivity contribution in [3.8, 4) is 6.07 Å². The van der Waals surface area contributed by atoms with Crippen LogP contribution < -0.4 is 15.4 Å². The third kappa shape index (κ3) is 6.61. The molecule has 3 amide bonds. The molecule has 1 aromatic rings. The van der Waals surface area contributed by atoms with Crippen molar-refractivity contribution in [3.05, 3.63) is 35.4 Å². The zero-order chi connectivity index (χ0) is 21.3. The van der Waals surface area contributed by atoms with Gasteiger partial charge in [-0.25, -0.2) is 17.9 Å². The van der Waals surface area contributed by atoms with Gasteiger partial charge in [-0.1, -0.05) is 19.8 Å². The predicted octanol–water partition coefficient (Wildman–Crippen LogP) is 3.20. The molecule has 0 atom stereocenters. The van der Waals surface area contributed by atoms with Crippen molar-refractivity contribution < 1.29 is 18.0 Å². The SMILES string of the molecule is CCCCNC(=O)NS(=O)(=O)c1ccc(NC(=O)C(C#N)=C2CCCCC2)cc1. The lowest BCUT2D eigenvalue weighted by Gasteiger charge is -2.15. The lowest BCUT2D eigenvalue weighted by molar-refractivity contribution is -0.112. The number of carbonyl (C=O) groups is 2. The van der Waals surface area contributed by atoms with Crippen LogP contribution in [0.4, 0.5) is 10.5 Å². The second-order valence-electron chi connectivity index (χ2n) is 6.84. The second kappa shape index (κ2) is 10.6. The van der Waals surface area contributed by atoms with E-state index in [0.717, 1.165) is 50.5 Å². The molecule has 9 heteroatoms. The number of sulfonamides is 1. The molecule has 0 spiro atoms. The number of benzene rings is 1. The first kappa shape index (κ1) is 22.4. The Morgan fingerprint density at radius 2 is 1.76 bits per heavy atom. The fourth-order valence-corrected chi connectivity index (χ4v) is 3.95. The third-order valence-corrected chi connectivity index (χ3v) is 5.96. The third-order valence-electron chi connectivity index (χ3n) is 4.61. The van der Waals surface area contributed by atoms with Gasteiger partial charge in [0, 0.05) is 12.2 Å². The molecule has 1 aliphatic rings. The zero-order valence-electron chi connectivity index (χ0n) is 16.5.